The van der Waals surface area contributed by atoms with Crippen molar-refractivity contribution in [3.8, 4) is 11.5 Å². The zero-order valence-corrected chi connectivity index (χ0v) is 27.7. The number of Topliss-reactive ketones (excluding diaryl/α,β-unsaturated/α-hetero) is 1. The number of aliphatic hydroxyl groups excluding tert-OH is 1. The number of nitrogens with zero attached hydrogens (tertiary/aromatic N) is 3. The Balaban J connectivity index is 1.39. The molecule has 0 radical (unpaired) electrons. The topological polar surface area (TPSA) is 102 Å². The Morgan fingerprint density at radius 2 is 1.83 bits per heavy atom. The molecule has 0 unspecified atom stereocenters. The van der Waals surface area contributed by atoms with Crippen molar-refractivity contribution in [1.82, 2.24) is 10.2 Å². The van der Waals surface area contributed by atoms with E-state index in [2.05, 4.69) is 41.4 Å². The molecule has 0 bridgehead atoms. The molecule has 11 heteroatoms. The molecule has 0 spiro atoms. The van der Waals surface area contributed by atoms with E-state index in [9.17, 15) is 19.1 Å². The molecule has 5 aromatic rings. The highest BCUT2D eigenvalue weighted by Crippen LogP contribution is 2.46. The van der Waals surface area contributed by atoms with E-state index in [-0.39, 0.29) is 16.3 Å². The largest absolute Gasteiger partial charge is 0.507 e. The van der Waals surface area contributed by atoms with Crippen molar-refractivity contribution in [2.45, 2.75) is 42.8 Å². The fourth-order valence-electron chi connectivity index (χ4n) is 5.46. The summed E-state index contributed by atoms with van der Waals surface area (Å²) in [6, 6.07) is 22.4. The van der Waals surface area contributed by atoms with Crippen molar-refractivity contribution >= 4 is 56.5 Å². The second-order valence-corrected chi connectivity index (χ2v) is 13.2. The van der Waals surface area contributed by atoms with Crippen LogP contribution < -0.4 is 14.4 Å². The average molecular weight is 670 g/mol. The van der Waals surface area contributed by atoms with Crippen LogP contribution >= 0.6 is 23.1 Å². The molecule has 6 rings (SSSR count). The molecule has 1 aromatic heterocycles. The maximum absolute atomic E-state index is 14.6. The summed E-state index contributed by atoms with van der Waals surface area (Å²) in [7, 11) is 1.50. The van der Waals surface area contributed by atoms with Gasteiger partial charge in [0.15, 0.2) is 15.8 Å². The third-order valence-corrected chi connectivity index (χ3v) is 10.1. The molecule has 1 saturated heterocycles. The summed E-state index contributed by atoms with van der Waals surface area (Å²) in [5, 5.41) is 22.6. The molecule has 47 heavy (non-hydrogen) atoms. The Bertz CT molecular complexity index is 2000. The molecular formula is C36H32FN3O5S2. The monoisotopic (exact) mass is 669 g/mol. The number of methoxy groups -OCH3 is 1. The Hall–Kier alpha value is -4.74. The fourth-order valence-corrected chi connectivity index (χ4v) is 7.33. The Kier molecular flexibility index (Phi) is 9.55. The van der Waals surface area contributed by atoms with Crippen LogP contribution in [0.25, 0.3) is 16.5 Å². The van der Waals surface area contributed by atoms with Crippen LogP contribution in [-0.2, 0) is 15.3 Å². The van der Waals surface area contributed by atoms with Crippen LogP contribution in [0.15, 0.2) is 88.8 Å². The van der Waals surface area contributed by atoms with Crippen molar-refractivity contribution in [1.29, 1.82) is 0 Å². The molecule has 0 saturated carbocycles. The van der Waals surface area contributed by atoms with Gasteiger partial charge in [0.05, 0.1) is 25.3 Å². The van der Waals surface area contributed by atoms with E-state index in [1.54, 1.807) is 25.1 Å². The van der Waals surface area contributed by atoms with Gasteiger partial charge in [0, 0.05) is 11.3 Å². The fraction of sp³-hybridized carbons (Fsp3) is 0.222. The molecule has 8 nitrogen and oxygen atoms in total. The summed E-state index contributed by atoms with van der Waals surface area (Å²) >= 11 is 2.65. The number of amides is 1. The first kappa shape index (κ1) is 32.2. The molecule has 240 valence electrons. The first-order valence-electron chi connectivity index (χ1n) is 15.1. The molecule has 1 fully saturated rings. The summed E-state index contributed by atoms with van der Waals surface area (Å²) in [6.45, 7) is 4.15. The van der Waals surface area contributed by atoms with Crippen LogP contribution in [0.5, 0.6) is 11.5 Å². The Morgan fingerprint density at radius 3 is 2.62 bits per heavy atom. The smallest absolute Gasteiger partial charge is 0.301 e. The van der Waals surface area contributed by atoms with Gasteiger partial charge in [0.2, 0.25) is 5.13 Å². The second-order valence-electron chi connectivity index (χ2n) is 11.0. The quantitative estimate of drug-likeness (QED) is 0.0375. The number of fused-ring (bicyclic) bond motifs is 1. The maximum Gasteiger partial charge on any atom is 0.301 e. The Labute approximate surface area is 279 Å². The van der Waals surface area contributed by atoms with E-state index in [0.29, 0.717) is 39.3 Å². The number of rotatable bonds is 11. The van der Waals surface area contributed by atoms with Crippen LogP contribution in [0.4, 0.5) is 9.52 Å². The van der Waals surface area contributed by atoms with E-state index >= 15 is 0 Å². The van der Waals surface area contributed by atoms with Crippen molar-refractivity contribution in [2.24, 2.45) is 0 Å². The van der Waals surface area contributed by atoms with Gasteiger partial charge >= 0.3 is 5.91 Å². The van der Waals surface area contributed by atoms with Crippen LogP contribution in [0.3, 0.4) is 0 Å². The highest BCUT2D eigenvalue weighted by Gasteiger charge is 2.48. The van der Waals surface area contributed by atoms with Crippen LogP contribution in [0.1, 0.15) is 48.1 Å². The third kappa shape index (κ3) is 6.45. The van der Waals surface area contributed by atoms with Gasteiger partial charge in [-0.3, -0.25) is 14.5 Å². The van der Waals surface area contributed by atoms with Crippen LogP contribution in [-0.4, -0.2) is 40.7 Å². The number of benzene rings is 4. The zero-order chi connectivity index (χ0) is 33.1. The number of aryl methyl sites for hydroxylation is 1. The summed E-state index contributed by atoms with van der Waals surface area (Å²) in [6.07, 6.45) is 1.81. The molecular weight excluding hydrogens is 638 g/mol. The number of thioether (sulfide) groups is 1. The number of hydrogen-bond acceptors (Lipinski definition) is 9. The minimum atomic E-state index is -1.10. The van der Waals surface area contributed by atoms with Crippen LogP contribution in [0.2, 0.25) is 0 Å². The number of ether oxygens (including phenoxy) is 2. The molecule has 0 aliphatic carbocycles. The number of halogens is 1. The number of hydrogen-bond donors (Lipinski definition) is 1. The minimum absolute atomic E-state index is 0.0752. The molecule has 1 aliphatic heterocycles. The van der Waals surface area contributed by atoms with Crippen molar-refractivity contribution in [3.05, 3.63) is 113 Å². The summed E-state index contributed by atoms with van der Waals surface area (Å²) in [5.41, 5.74) is 1.86. The summed E-state index contributed by atoms with van der Waals surface area (Å²) < 4.78 is 26.7. The van der Waals surface area contributed by atoms with E-state index in [1.807, 2.05) is 18.2 Å². The number of carbonyl (C=O) groups is 2. The molecule has 1 atom stereocenters. The summed E-state index contributed by atoms with van der Waals surface area (Å²) in [4.78, 5) is 28.6. The van der Waals surface area contributed by atoms with Gasteiger partial charge in [-0.2, -0.15) is 0 Å². The van der Waals surface area contributed by atoms with E-state index in [4.69, 9.17) is 9.47 Å². The standard InChI is InChI=1S/C36H32FN3O5S2/c1-4-5-17-45-28-16-15-23(19-29(28)44-3)31-30(32(41)24-14-13-21(2)27(37)18-24)33(42)34(43)40(31)35-38-39-36(47-35)46-20-25-11-8-10-22-9-6-7-12-26(22)25/h6-16,18-19,31,41H,4-5,17,20H2,1-3H3/t31-/m0/s1. The van der Waals surface area contributed by atoms with Gasteiger partial charge in [-0.15, -0.1) is 10.2 Å². The summed E-state index contributed by atoms with van der Waals surface area (Å²) in [5.74, 6) is -1.32. The van der Waals surface area contributed by atoms with Gasteiger partial charge in [-0.05, 0) is 59.0 Å². The van der Waals surface area contributed by atoms with Crippen molar-refractivity contribution in [2.75, 3.05) is 18.6 Å². The molecule has 1 N–H and O–H groups in total. The lowest BCUT2D eigenvalue weighted by atomic mass is 9.94. The molecule has 2 heterocycles. The number of ketones is 1. The lowest BCUT2D eigenvalue weighted by molar-refractivity contribution is -0.132. The lowest BCUT2D eigenvalue weighted by Crippen LogP contribution is -2.29. The molecule has 4 aromatic carbocycles. The molecule has 1 amide bonds. The SMILES string of the molecule is CCCCOc1ccc([C@H]2C(=C(O)c3ccc(C)c(F)c3)C(=O)C(=O)N2c2nnc(SCc3cccc4ccccc34)s2)cc1OC. The first-order chi connectivity index (χ1) is 22.8. The van der Waals surface area contributed by atoms with E-state index < -0.39 is 29.3 Å². The number of unbranched alkanes of at least 4 members (excludes halogenated alkanes) is 1. The Morgan fingerprint density at radius 1 is 1.02 bits per heavy atom. The minimum Gasteiger partial charge on any atom is -0.507 e. The van der Waals surface area contributed by atoms with Crippen LogP contribution in [0, 0.1) is 12.7 Å². The van der Waals surface area contributed by atoms with Gasteiger partial charge in [0.25, 0.3) is 5.78 Å². The van der Waals surface area contributed by atoms with Crippen molar-refractivity contribution < 1.29 is 28.6 Å². The van der Waals surface area contributed by atoms with Crippen molar-refractivity contribution in [3.63, 3.8) is 0 Å². The number of anilines is 1. The van der Waals surface area contributed by atoms with E-state index in [0.717, 1.165) is 35.2 Å². The normalized spacial score (nSPS) is 15.8. The lowest BCUT2D eigenvalue weighted by Gasteiger charge is -2.23. The third-order valence-electron chi connectivity index (χ3n) is 7.98. The molecule has 1 aliphatic rings. The van der Waals surface area contributed by atoms with Gasteiger partial charge in [-0.1, -0.05) is 97.1 Å². The van der Waals surface area contributed by atoms with E-state index in [1.165, 1.54) is 47.2 Å². The highest BCUT2D eigenvalue weighted by molar-refractivity contribution is 8.00. The number of aromatic nitrogens is 2. The zero-order valence-electron chi connectivity index (χ0n) is 26.0. The second kappa shape index (κ2) is 13.9. The number of carbonyl (C=O) groups excluding carboxylic acids is 2. The van der Waals surface area contributed by atoms with Gasteiger partial charge in [0.1, 0.15) is 11.6 Å². The first-order valence-corrected chi connectivity index (χ1v) is 16.9. The van der Waals surface area contributed by atoms with Gasteiger partial charge in [-0.25, -0.2) is 4.39 Å². The highest BCUT2D eigenvalue weighted by atomic mass is 32.2. The average Bonchev–Trinajstić information content (AvgIpc) is 3.66. The number of aliphatic hydroxyl groups is 1. The predicted molar refractivity (Wildman–Crippen MR) is 183 cm³/mol. The maximum atomic E-state index is 14.6. The van der Waals surface area contributed by atoms with Gasteiger partial charge < -0.3 is 14.6 Å². The predicted octanol–water partition coefficient (Wildman–Crippen LogP) is 8.24.